The van der Waals surface area contributed by atoms with Crippen LogP contribution in [0.1, 0.15) is 31.7 Å². The van der Waals surface area contributed by atoms with Gasteiger partial charge in [-0.05, 0) is 44.1 Å². The molecule has 0 bridgehead atoms. The van der Waals surface area contributed by atoms with Crippen LogP contribution in [0, 0.1) is 0 Å². The minimum absolute atomic E-state index is 0.644. The van der Waals surface area contributed by atoms with E-state index >= 15 is 0 Å². The average Bonchev–Trinajstić information content (AvgIpc) is 2.84. The van der Waals surface area contributed by atoms with E-state index in [9.17, 15) is 0 Å². The Labute approximate surface area is 116 Å². The summed E-state index contributed by atoms with van der Waals surface area (Å²) in [5.41, 5.74) is 1.33. The quantitative estimate of drug-likeness (QED) is 0.765. The van der Waals surface area contributed by atoms with Crippen LogP contribution in [0.25, 0.3) is 0 Å². The number of nitrogens with zero attached hydrogens (tertiary/aromatic N) is 1. The minimum Gasteiger partial charge on any atom is -0.494 e. The molecule has 0 spiro atoms. The standard InChI is InChI=1S/C16H26N2O/c1-3-4-11-19-16-7-5-14(6-8-16)12-17-15-9-10-18(2)13-15/h5-8,15,17H,3-4,9-13H2,1-2H3. The van der Waals surface area contributed by atoms with Crippen molar-refractivity contribution in [1.29, 1.82) is 0 Å². The first-order valence-electron chi connectivity index (χ1n) is 7.41. The molecule has 19 heavy (non-hydrogen) atoms. The molecule has 1 aliphatic heterocycles. The van der Waals surface area contributed by atoms with Gasteiger partial charge < -0.3 is 15.0 Å². The molecular weight excluding hydrogens is 236 g/mol. The van der Waals surface area contributed by atoms with Crippen LogP contribution in [0.15, 0.2) is 24.3 Å². The fourth-order valence-corrected chi connectivity index (χ4v) is 2.40. The molecule has 0 amide bonds. The topological polar surface area (TPSA) is 24.5 Å². The van der Waals surface area contributed by atoms with E-state index in [-0.39, 0.29) is 0 Å². The van der Waals surface area contributed by atoms with E-state index in [0.717, 1.165) is 31.9 Å². The van der Waals surface area contributed by atoms with Gasteiger partial charge in [0.05, 0.1) is 6.61 Å². The normalized spacial score (nSPS) is 19.8. The van der Waals surface area contributed by atoms with Crippen LogP contribution in [-0.2, 0) is 6.54 Å². The highest BCUT2D eigenvalue weighted by molar-refractivity contribution is 5.27. The van der Waals surface area contributed by atoms with Gasteiger partial charge in [-0.1, -0.05) is 25.5 Å². The van der Waals surface area contributed by atoms with Crippen LogP contribution in [0.5, 0.6) is 5.75 Å². The molecule has 1 saturated heterocycles. The summed E-state index contributed by atoms with van der Waals surface area (Å²) >= 11 is 0. The molecule has 1 aromatic carbocycles. The highest BCUT2D eigenvalue weighted by atomic mass is 16.5. The molecule has 106 valence electrons. The third-order valence-corrected chi connectivity index (χ3v) is 3.68. The summed E-state index contributed by atoms with van der Waals surface area (Å²) in [5, 5.41) is 3.62. The molecule has 3 heteroatoms. The van der Waals surface area contributed by atoms with E-state index < -0.39 is 0 Å². The van der Waals surface area contributed by atoms with Crippen LogP contribution >= 0.6 is 0 Å². The molecule has 1 N–H and O–H groups in total. The predicted octanol–water partition coefficient (Wildman–Crippen LogP) is 2.66. The van der Waals surface area contributed by atoms with E-state index in [1.807, 2.05) is 0 Å². The minimum atomic E-state index is 0.644. The number of hydrogen-bond acceptors (Lipinski definition) is 3. The van der Waals surface area contributed by atoms with E-state index in [1.54, 1.807) is 0 Å². The smallest absolute Gasteiger partial charge is 0.119 e. The number of unbranched alkanes of at least 4 members (excludes halogenated alkanes) is 1. The van der Waals surface area contributed by atoms with Crippen molar-refractivity contribution < 1.29 is 4.74 Å². The van der Waals surface area contributed by atoms with Gasteiger partial charge in [0.15, 0.2) is 0 Å². The summed E-state index contributed by atoms with van der Waals surface area (Å²) in [6.07, 6.45) is 3.56. The van der Waals surface area contributed by atoms with Crippen LogP contribution in [0.3, 0.4) is 0 Å². The SMILES string of the molecule is CCCCOc1ccc(CNC2CCN(C)C2)cc1. The van der Waals surface area contributed by atoms with Crippen LogP contribution in [-0.4, -0.2) is 37.7 Å². The van der Waals surface area contributed by atoms with Gasteiger partial charge in [0.1, 0.15) is 5.75 Å². The monoisotopic (exact) mass is 262 g/mol. The average molecular weight is 262 g/mol. The third kappa shape index (κ3) is 4.84. The molecule has 0 aromatic heterocycles. The summed E-state index contributed by atoms with van der Waals surface area (Å²) in [6.45, 7) is 6.33. The Morgan fingerprint density at radius 3 is 2.74 bits per heavy atom. The first kappa shape index (κ1) is 14.4. The van der Waals surface area contributed by atoms with Crippen molar-refractivity contribution in [2.45, 2.75) is 38.8 Å². The zero-order valence-corrected chi connectivity index (χ0v) is 12.2. The van der Waals surface area contributed by atoms with Gasteiger partial charge >= 0.3 is 0 Å². The Morgan fingerprint density at radius 2 is 2.11 bits per heavy atom. The predicted molar refractivity (Wildman–Crippen MR) is 79.6 cm³/mol. The Bertz CT molecular complexity index is 364. The molecule has 3 nitrogen and oxygen atoms in total. The number of ether oxygens (including phenoxy) is 1. The second-order valence-electron chi connectivity index (χ2n) is 5.47. The maximum atomic E-state index is 5.67. The number of nitrogens with one attached hydrogen (secondary N) is 1. The number of hydrogen-bond donors (Lipinski definition) is 1. The first-order valence-corrected chi connectivity index (χ1v) is 7.41. The maximum absolute atomic E-state index is 5.67. The highest BCUT2D eigenvalue weighted by Crippen LogP contribution is 2.13. The van der Waals surface area contributed by atoms with Gasteiger partial charge in [-0.2, -0.15) is 0 Å². The second kappa shape index (κ2) is 7.51. The van der Waals surface area contributed by atoms with Crippen LogP contribution < -0.4 is 10.1 Å². The molecule has 0 aliphatic carbocycles. The van der Waals surface area contributed by atoms with Crippen LogP contribution in [0.2, 0.25) is 0 Å². The molecule has 0 radical (unpaired) electrons. The highest BCUT2D eigenvalue weighted by Gasteiger charge is 2.18. The molecule has 1 unspecified atom stereocenters. The summed E-state index contributed by atoms with van der Waals surface area (Å²) in [5.74, 6) is 0.984. The van der Waals surface area contributed by atoms with Crippen LogP contribution in [0.4, 0.5) is 0 Å². The molecule has 1 heterocycles. The van der Waals surface area contributed by atoms with Crippen molar-refractivity contribution in [3.8, 4) is 5.75 Å². The zero-order valence-electron chi connectivity index (χ0n) is 12.2. The summed E-state index contributed by atoms with van der Waals surface area (Å²) in [7, 11) is 2.18. The lowest BCUT2D eigenvalue weighted by Crippen LogP contribution is -2.30. The van der Waals surface area contributed by atoms with Gasteiger partial charge in [-0.3, -0.25) is 0 Å². The number of benzene rings is 1. The lowest BCUT2D eigenvalue weighted by atomic mass is 10.2. The zero-order chi connectivity index (χ0) is 13.5. The molecular formula is C16H26N2O. The second-order valence-corrected chi connectivity index (χ2v) is 5.47. The fraction of sp³-hybridized carbons (Fsp3) is 0.625. The van der Waals surface area contributed by atoms with Crippen molar-refractivity contribution in [2.24, 2.45) is 0 Å². The molecule has 1 aromatic rings. The van der Waals surface area contributed by atoms with Gasteiger partial charge in [-0.15, -0.1) is 0 Å². The van der Waals surface area contributed by atoms with Crippen molar-refractivity contribution in [1.82, 2.24) is 10.2 Å². The van der Waals surface area contributed by atoms with Gasteiger partial charge in [0.25, 0.3) is 0 Å². The molecule has 0 saturated carbocycles. The Morgan fingerprint density at radius 1 is 1.32 bits per heavy atom. The number of rotatable bonds is 7. The van der Waals surface area contributed by atoms with E-state index in [1.165, 1.54) is 24.9 Å². The van der Waals surface area contributed by atoms with E-state index in [0.29, 0.717) is 6.04 Å². The molecule has 1 aliphatic rings. The number of likely N-dealkylation sites (tertiary alicyclic amines) is 1. The lowest BCUT2D eigenvalue weighted by molar-refractivity contribution is 0.309. The Hall–Kier alpha value is -1.06. The van der Waals surface area contributed by atoms with Crippen molar-refractivity contribution in [3.63, 3.8) is 0 Å². The summed E-state index contributed by atoms with van der Waals surface area (Å²) in [6, 6.07) is 9.12. The van der Waals surface area contributed by atoms with Crippen molar-refractivity contribution in [3.05, 3.63) is 29.8 Å². The Kier molecular flexibility index (Phi) is 5.67. The third-order valence-electron chi connectivity index (χ3n) is 3.68. The molecule has 1 atom stereocenters. The first-order chi connectivity index (χ1) is 9.28. The van der Waals surface area contributed by atoms with Gasteiger partial charge in [0.2, 0.25) is 0 Å². The Balaban J connectivity index is 1.72. The molecule has 1 fully saturated rings. The molecule has 2 rings (SSSR count). The summed E-state index contributed by atoms with van der Waals surface area (Å²) in [4.78, 5) is 2.38. The summed E-state index contributed by atoms with van der Waals surface area (Å²) < 4.78 is 5.67. The van der Waals surface area contributed by atoms with Crippen molar-refractivity contribution in [2.75, 3.05) is 26.7 Å². The van der Waals surface area contributed by atoms with Gasteiger partial charge in [0, 0.05) is 19.1 Å². The largest absolute Gasteiger partial charge is 0.494 e. The fourth-order valence-electron chi connectivity index (χ4n) is 2.40. The lowest BCUT2D eigenvalue weighted by Gasteiger charge is -2.13. The van der Waals surface area contributed by atoms with Crippen molar-refractivity contribution >= 4 is 0 Å². The van der Waals surface area contributed by atoms with E-state index in [2.05, 4.69) is 48.5 Å². The maximum Gasteiger partial charge on any atom is 0.119 e. The van der Waals surface area contributed by atoms with Gasteiger partial charge in [-0.25, -0.2) is 0 Å². The number of likely N-dealkylation sites (N-methyl/N-ethyl adjacent to an activating group) is 1. The van der Waals surface area contributed by atoms with E-state index in [4.69, 9.17) is 4.74 Å².